The van der Waals surface area contributed by atoms with Crippen molar-refractivity contribution in [2.24, 2.45) is 5.73 Å². The molecule has 1 heterocycles. The van der Waals surface area contributed by atoms with E-state index in [2.05, 4.69) is 20.9 Å². The van der Waals surface area contributed by atoms with E-state index < -0.39 is 12.2 Å². The molecule has 0 saturated carbocycles. The minimum atomic E-state index is -4.40. The van der Waals surface area contributed by atoms with Crippen molar-refractivity contribution in [1.82, 2.24) is 4.98 Å². The van der Waals surface area contributed by atoms with Crippen molar-refractivity contribution in [3.63, 3.8) is 0 Å². The third-order valence-electron chi connectivity index (χ3n) is 1.36. The van der Waals surface area contributed by atoms with Crippen LogP contribution in [0.4, 0.5) is 13.2 Å². The van der Waals surface area contributed by atoms with Crippen LogP contribution in [0.3, 0.4) is 0 Å². The first-order valence-electron chi connectivity index (χ1n) is 3.08. The van der Waals surface area contributed by atoms with Gasteiger partial charge in [0.25, 0.3) is 0 Å². The van der Waals surface area contributed by atoms with Crippen LogP contribution >= 0.6 is 15.9 Å². The summed E-state index contributed by atoms with van der Waals surface area (Å²) in [7, 11) is 0. The van der Waals surface area contributed by atoms with Gasteiger partial charge in [-0.2, -0.15) is 13.2 Å². The first-order valence-corrected chi connectivity index (χ1v) is 3.87. The number of nitrogens with two attached hydrogens (primary N) is 1. The lowest BCUT2D eigenvalue weighted by atomic mass is 10.2. The molecular formula is C6H6BrF3N2. The maximum absolute atomic E-state index is 12.0. The zero-order valence-electron chi connectivity index (χ0n) is 5.82. The molecule has 1 aromatic rings. The Kier molecular flexibility index (Phi) is 2.48. The van der Waals surface area contributed by atoms with Crippen LogP contribution in [0.15, 0.2) is 16.7 Å². The van der Waals surface area contributed by atoms with E-state index >= 15 is 0 Å². The highest BCUT2D eigenvalue weighted by Gasteiger charge is 2.38. The Morgan fingerprint density at radius 1 is 1.42 bits per heavy atom. The highest BCUT2D eigenvalue weighted by atomic mass is 79.9. The van der Waals surface area contributed by atoms with Gasteiger partial charge in [-0.25, -0.2) is 0 Å². The molecular weight excluding hydrogens is 237 g/mol. The number of aromatic amines is 1. The number of aromatic nitrogens is 1. The van der Waals surface area contributed by atoms with E-state index in [1.54, 1.807) is 0 Å². The number of hydrogen-bond donors (Lipinski definition) is 2. The van der Waals surface area contributed by atoms with Crippen LogP contribution in [-0.4, -0.2) is 11.2 Å². The van der Waals surface area contributed by atoms with Crippen molar-refractivity contribution in [3.8, 4) is 0 Å². The summed E-state index contributed by atoms with van der Waals surface area (Å²) in [5, 5.41) is 0. The Morgan fingerprint density at radius 2 is 2.00 bits per heavy atom. The van der Waals surface area contributed by atoms with Gasteiger partial charge in [-0.15, -0.1) is 0 Å². The van der Waals surface area contributed by atoms with Crippen LogP contribution in [0, 0.1) is 0 Å². The predicted molar refractivity (Wildman–Crippen MR) is 41.5 cm³/mol. The van der Waals surface area contributed by atoms with Gasteiger partial charge >= 0.3 is 6.18 Å². The molecule has 0 aliphatic heterocycles. The fourth-order valence-electron chi connectivity index (χ4n) is 0.742. The van der Waals surface area contributed by atoms with E-state index in [1.807, 2.05) is 0 Å². The number of nitrogens with one attached hydrogen (secondary N) is 1. The quantitative estimate of drug-likeness (QED) is 0.780. The Labute approximate surface area is 75.1 Å². The zero-order valence-corrected chi connectivity index (χ0v) is 7.41. The molecule has 6 heteroatoms. The highest BCUT2D eigenvalue weighted by Crippen LogP contribution is 2.30. The molecule has 3 N–H and O–H groups in total. The topological polar surface area (TPSA) is 41.8 Å². The maximum Gasteiger partial charge on any atom is 0.409 e. The molecule has 0 aliphatic rings. The van der Waals surface area contributed by atoms with Crippen molar-refractivity contribution in [1.29, 1.82) is 0 Å². The average molecular weight is 243 g/mol. The molecule has 1 atom stereocenters. The molecule has 0 aromatic carbocycles. The molecule has 0 aliphatic carbocycles. The molecule has 0 fully saturated rings. The molecule has 0 spiro atoms. The van der Waals surface area contributed by atoms with Gasteiger partial charge in [0.1, 0.15) is 6.04 Å². The van der Waals surface area contributed by atoms with Gasteiger partial charge in [-0.1, -0.05) is 0 Å². The van der Waals surface area contributed by atoms with Crippen LogP contribution in [0.1, 0.15) is 11.7 Å². The third kappa shape index (κ3) is 2.01. The molecule has 68 valence electrons. The number of hydrogen-bond acceptors (Lipinski definition) is 1. The summed E-state index contributed by atoms with van der Waals surface area (Å²) in [6, 6.07) is 0.826. The van der Waals surface area contributed by atoms with Gasteiger partial charge in [0, 0.05) is 5.69 Å². The lowest BCUT2D eigenvalue weighted by Gasteiger charge is -2.13. The number of rotatable bonds is 1. The maximum atomic E-state index is 12.0. The Hall–Kier alpha value is -0.490. The Bertz CT molecular complexity index is 268. The lowest BCUT2D eigenvalue weighted by molar-refractivity contribution is -0.149. The first kappa shape index (κ1) is 9.60. The monoisotopic (exact) mass is 242 g/mol. The van der Waals surface area contributed by atoms with Crippen LogP contribution in [0.5, 0.6) is 0 Å². The average Bonchev–Trinajstić information content (AvgIpc) is 2.32. The summed E-state index contributed by atoms with van der Waals surface area (Å²) in [6.07, 6.45) is -4.40. The number of H-pyrrole nitrogens is 1. The Balaban J connectivity index is 2.85. The second-order valence-corrected chi connectivity index (χ2v) is 3.14. The van der Waals surface area contributed by atoms with Crippen molar-refractivity contribution < 1.29 is 13.2 Å². The molecule has 0 saturated heterocycles. The van der Waals surface area contributed by atoms with Gasteiger partial charge < -0.3 is 10.7 Å². The van der Waals surface area contributed by atoms with Crippen LogP contribution < -0.4 is 5.73 Å². The smallest absolute Gasteiger partial charge is 0.352 e. The normalized spacial score (nSPS) is 14.8. The van der Waals surface area contributed by atoms with Gasteiger partial charge in [0.05, 0.1) is 4.60 Å². The van der Waals surface area contributed by atoms with E-state index in [4.69, 9.17) is 5.73 Å². The standard InChI is InChI=1S/C6H6BrF3N2/c7-4-2-1-3(12-4)5(11)6(8,9)10/h1-2,5,12H,11H2/t5-/m0/s1. The summed E-state index contributed by atoms with van der Waals surface area (Å²) in [4.78, 5) is 2.45. The minimum Gasteiger partial charge on any atom is -0.352 e. The van der Waals surface area contributed by atoms with E-state index in [0.29, 0.717) is 4.60 Å². The molecule has 0 bridgehead atoms. The van der Waals surface area contributed by atoms with E-state index in [0.717, 1.165) is 0 Å². The Morgan fingerprint density at radius 3 is 2.33 bits per heavy atom. The first-order chi connectivity index (χ1) is 5.41. The van der Waals surface area contributed by atoms with Crippen LogP contribution in [0.2, 0.25) is 0 Å². The molecule has 0 unspecified atom stereocenters. The minimum absolute atomic E-state index is 0.0469. The lowest BCUT2D eigenvalue weighted by Crippen LogP contribution is -2.28. The van der Waals surface area contributed by atoms with Gasteiger partial charge in [-0.3, -0.25) is 0 Å². The van der Waals surface area contributed by atoms with Crippen LogP contribution in [-0.2, 0) is 0 Å². The van der Waals surface area contributed by atoms with Crippen LogP contribution in [0.25, 0.3) is 0 Å². The summed E-state index contributed by atoms with van der Waals surface area (Å²) in [6.45, 7) is 0. The van der Waals surface area contributed by atoms with E-state index in [-0.39, 0.29) is 5.69 Å². The third-order valence-corrected chi connectivity index (χ3v) is 1.82. The van der Waals surface area contributed by atoms with Crippen molar-refractivity contribution in [2.75, 3.05) is 0 Å². The summed E-state index contributed by atoms with van der Waals surface area (Å²) in [5.41, 5.74) is 4.86. The summed E-state index contributed by atoms with van der Waals surface area (Å²) in [5.74, 6) is 0. The molecule has 2 nitrogen and oxygen atoms in total. The largest absolute Gasteiger partial charge is 0.409 e. The molecule has 12 heavy (non-hydrogen) atoms. The van der Waals surface area contributed by atoms with Gasteiger partial charge in [0.15, 0.2) is 0 Å². The molecule has 0 amide bonds. The summed E-state index contributed by atoms with van der Waals surface area (Å²) < 4.78 is 36.4. The molecule has 0 radical (unpaired) electrons. The van der Waals surface area contributed by atoms with E-state index in [9.17, 15) is 13.2 Å². The van der Waals surface area contributed by atoms with Crippen molar-refractivity contribution in [3.05, 3.63) is 22.4 Å². The fourth-order valence-corrected chi connectivity index (χ4v) is 1.10. The van der Waals surface area contributed by atoms with Crippen molar-refractivity contribution in [2.45, 2.75) is 12.2 Å². The van der Waals surface area contributed by atoms with E-state index in [1.165, 1.54) is 12.1 Å². The zero-order chi connectivity index (χ0) is 9.35. The van der Waals surface area contributed by atoms with Crippen molar-refractivity contribution >= 4 is 15.9 Å². The second-order valence-electron chi connectivity index (χ2n) is 2.28. The second kappa shape index (κ2) is 3.10. The number of alkyl halides is 3. The van der Waals surface area contributed by atoms with Gasteiger partial charge in [0.2, 0.25) is 0 Å². The fraction of sp³-hybridized carbons (Fsp3) is 0.333. The highest BCUT2D eigenvalue weighted by molar-refractivity contribution is 9.10. The number of halogens is 4. The predicted octanol–water partition coefficient (Wildman–Crippen LogP) is 2.34. The molecule has 1 aromatic heterocycles. The van der Waals surface area contributed by atoms with Gasteiger partial charge in [-0.05, 0) is 28.1 Å². The SMILES string of the molecule is N[C@@H](c1ccc(Br)[nH]1)C(F)(F)F. The summed E-state index contributed by atoms with van der Waals surface area (Å²) >= 11 is 2.99. The molecule has 1 rings (SSSR count).